The maximum absolute atomic E-state index is 13.8. The number of hydrogen-bond donors (Lipinski definition) is 1. The number of likely N-dealkylation sites (tertiary alicyclic amines) is 1. The third-order valence-corrected chi connectivity index (χ3v) is 15.8. The number of carbonyl (C=O) groups excluding carboxylic acids is 5. The van der Waals surface area contributed by atoms with Crippen molar-refractivity contribution in [1.82, 2.24) is 25.0 Å². The van der Waals surface area contributed by atoms with Crippen LogP contribution in [0.3, 0.4) is 0 Å². The molecule has 1 atom stereocenters. The Labute approximate surface area is 378 Å². The quantitative estimate of drug-likeness (QED) is 0.219. The van der Waals surface area contributed by atoms with Crippen LogP contribution in [-0.2, 0) is 16.1 Å². The summed E-state index contributed by atoms with van der Waals surface area (Å²) in [6.45, 7) is 12.9. The second kappa shape index (κ2) is 15.5. The number of pyridine rings is 1. The number of nitriles is 1. The summed E-state index contributed by atoms with van der Waals surface area (Å²) in [5.41, 5.74) is 3.57. The van der Waals surface area contributed by atoms with Gasteiger partial charge in [-0.2, -0.15) is 5.26 Å². The first-order valence-corrected chi connectivity index (χ1v) is 23.0. The standard InChI is InChI=1S/C50H52ClN7O6/c1-48(2)46(49(3,4)47(48)64-34-14-8-30(25-52)38(51)24-34)57-26-39-36(43(57)61)15-10-31(53-39)9-5-29-6-11-32(12-7-29)55-21-19-50(20-22-55)27-56(28-50)33-13-16-35-37(23-33)45(63)58(44(35)62)40-17-18-41(59)54-42(40)60/h8,10,13-16,23-24,29,32,40,46-47H,6-7,11-12,17-22,26-28H2,1-4H3,(H,54,59,60). The molecule has 1 unspecified atom stereocenters. The third kappa shape index (κ3) is 6.94. The zero-order valence-electron chi connectivity index (χ0n) is 36.7. The normalized spacial score (nSPS) is 27.8. The summed E-state index contributed by atoms with van der Waals surface area (Å²) in [6.07, 6.45) is 6.63. The van der Waals surface area contributed by atoms with E-state index in [0.717, 1.165) is 81.0 Å². The molecule has 330 valence electrons. The van der Waals surface area contributed by atoms with E-state index in [0.29, 0.717) is 57.2 Å². The highest BCUT2D eigenvalue weighted by Gasteiger charge is 2.67. The Bertz CT molecular complexity index is 2600. The van der Waals surface area contributed by atoms with Crippen molar-refractivity contribution in [2.24, 2.45) is 22.2 Å². The van der Waals surface area contributed by atoms with Gasteiger partial charge in [0.15, 0.2) is 0 Å². The van der Waals surface area contributed by atoms with Crippen molar-refractivity contribution >= 4 is 46.8 Å². The van der Waals surface area contributed by atoms with E-state index in [4.69, 9.17) is 21.3 Å². The number of aromatic nitrogens is 1. The molecule has 13 nitrogen and oxygen atoms in total. The molecule has 5 fully saturated rings. The van der Waals surface area contributed by atoms with Crippen LogP contribution in [0.1, 0.15) is 127 Å². The van der Waals surface area contributed by atoms with Gasteiger partial charge in [-0.05, 0) is 106 Å². The van der Waals surface area contributed by atoms with Crippen LogP contribution < -0.4 is 15.0 Å². The summed E-state index contributed by atoms with van der Waals surface area (Å²) in [6, 6.07) is 15.9. The van der Waals surface area contributed by atoms with Crippen LogP contribution in [0.5, 0.6) is 5.75 Å². The minimum atomic E-state index is -0.968. The molecule has 7 aliphatic rings. The lowest BCUT2D eigenvalue weighted by Gasteiger charge is -2.65. The molecule has 64 heavy (non-hydrogen) atoms. The van der Waals surface area contributed by atoms with Gasteiger partial charge in [0.05, 0.1) is 39.5 Å². The molecule has 0 bridgehead atoms. The number of halogens is 1. The molecule has 10 rings (SSSR count). The number of carbonyl (C=O) groups is 5. The Kier molecular flexibility index (Phi) is 10.2. The van der Waals surface area contributed by atoms with E-state index < -0.39 is 23.8 Å². The van der Waals surface area contributed by atoms with Crippen LogP contribution in [0.2, 0.25) is 5.02 Å². The number of nitrogens with one attached hydrogen (secondary N) is 1. The molecule has 5 aliphatic heterocycles. The van der Waals surface area contributed by atoms with Gasteiger partial charge in [0.25, 0.3) is 17.7 Å². The first-order chi connectivity index (χ1) is 30.6. The van der Waals surface area contributed by atoms with Gasteiger partial charge in [-0.15, -0.1) is 0 Å². The van der Waals surface area contributed by atoms with E-state index >= 15 is 0 Å². The average Bonchev–Trinajstić information content (AvgIpc) is 3.70. The van der Waals surface area contributed by atoms with Crippen LogP contribution >= 0.6 is 11.6 Å². The number of rotatable bonds is 6. The lowest BCUT2D eigenvalue weighted by atomic mass is 9.49. The lowest BCUT2D eigenvalue weighted by molar-refractivity contribution is -0.199. The highest BCUT2D eigenvalue weighted by atomic mass is 35.5. The second-order valence-electron chi connectivity index (χ2n) is 20.3. The monoisotopic (exact) mass is 881 g/mol. The topological polar surface area (TPSA) is 156 Å². The molecule has 0 radical (unpaired) electrons. The molecule has 6 heterocycles. The summed E-state index contributed by atoms with van der Waals surface area (Å²) in [7, 11) is 0. The molecule has 3 saturated heterocycles. The first-order valence-electron chi connectivity index (χ1n) is 22.6. The van der Waals surface area contributed by atoms with Crippen LogP contribution in [0.15, 0.2) is 48.5 Å². The number of hydrogen-bond acceptors (Lipinski definition) is 10. The van der Waals surface area contributed by atoms with Crippen LogP contribution in [0.4, 0.5) is 5.69 Å². The van der Waals surface area contributed by atoms with Gasteiger partial charge in [-0.25, -0.2) is 4.98 Å². The van der Waals surface area contributed by atoms with Crippen molar-refractivity contribution in [2.75, 3.05) is 31.1 Å². The highest BCUT2D eigenvalue weighted by Crippen LogP contribution is 2.59. The van der Waals surface area contributed by atoms with Crippen LogP contribution in [0, 0.1) is 45.3 Å². The number of ether oxygens (including phenoxy) is 1. The minimum absolute atomic E-state index is 0.0123. The molecule has 2 aromatic carbocycles. The van der Waals surface area contributed by atoms with Gasteiger partial charge in [-0.3, -0.25) is 34.2 Å². The van der Waals surface area contributed by atoms with Gasteiger partial charge in [0, 0.05) is 65.5 Å². The molecule has 1 aromatic heterocycles. The van der Waals surface area contributed by atoms with Gasteiger partial charge >= 0.3 is 0 Å². The van der Waals surface area contributed by atoms with Crippen molar-refractivity contribution in [3.63, 3.8) is 0 Å². The van der Waals surface area contributed by atoms with Crippen molar-refractivity contribution in [1.29, 1.82) is 5.26 Å². The Morgan fingerprint density at radius 1 is 0.828 bits per heavy atom. The van der Waals surface area contributed by atoms with E-state index in [1.807, 2.05) is 23.1 Å². The first kappa shape index (κ1) is 42.2. The maximum atomic E-state index is 13.8. The number of piperidine rings is 2. The smallest absolute Gasteiger partial charge is 0.262 e. The van der Waals surface area contributed by atoms with E-state index in [9.17, 15) is 29.2 Å². The maximum Gasteiger partial charge on any atom is 0.262 e. The lowest BCUT2D eigenvalue weighted by Crippen LogP contribution is -2.74. The Morgan fingerprint density at radius 2 is 1.53 bits per heavy atom. The van der Waals surface area contributed by atoms with Gasteiger partial charge in [0.1, 0.15) is 29.7 Å². The fourth-order valence-corrected chi connectivity index (χ4v) is 12.7. The highest BCUT2D eigenvalue weighted by molar-refractivity contribution is 6.31. The van der Waals surface area contributed by atoms with E-state index in [2.05, 4.69) is 60.7 Å². The van der Waals surface area contributed by atoms with E-state index in [1.54, 1.807) is 30.3 Å². The molecule has 1 spiro atoms. The number of fused-ring (bicyclic) bond motifs is 2. The number of nitrogens with zero attached hydrogens (tertiary/aromatic N) is 6. The Balaban J connectivity index is 0.697. The minimum Gasteiger partial charge on any atom is -0.489 e. The SMILES string of the molecule is CC1(C)C(Oc2ccc(C#N)c(Cl)c2)C(C)(C)C1N1Cc2nc(C#CC3CCC(N4CCC5(CC4)CN(c4ccc6c(c4)C(=O)N(C4CCC(=O)NC4=O)C6=O)C5)CC3)ccc2C1=O. The Hall–Kier alpha value is -5.76. The summed E-state index contributed by atoms with van der Waals surface area (Å²) in [4.78, 5) is 77.4. The number of imide groups is 2. The third-order valence-electron chi connectivity index (χ3n) is 15.5. The van der Waals surface area contributed by atoms with Crippen molar-refractivity contribution in [3.05, 3.63) is 87.2 Å². The molecular weight excluding hydrogens is 830 g/mol. The zero-order valence-corrected chi connectivity index (χ0v) is 37.5. The largest absolute Gasteiger partial charge is 0.489 e. The predicted octanol–water partition coefficient (Wildman–Crippen LogP) is 6.36. The zero-order chi connectivity index (χ0) is 44.9. The van der Waals surface area contributed by atoms with Crippen molar-refractivity contribution in [2.45, 2.75) is 110 Å². The summed E-state index contributed by atoms with van der Waals surface area (Å²) >= 11 is 6.30. The van der Waals surface area contributed by atoms with Gasteiger partial charge in [-0.1, -0.05) is 45.2 Å². The molecule has 3 aromatic rings. The summed E-state index contributed by atoms with van der Waals surface area (Å²) in [5, 5.41) is 11.9. The van der Waals surface area contributed by atoms with Gasteiger partial charge in [0.2, 0.25) is 11.8 Å². The molecule has 2 saturated carbocycles. The average molecular weight is 882 g/mol. The molecule has 2 aliphatic carbocycles. The van der Waals surface area contributed by atoms with Gasteiger partial charge < -0.3 is 19.4 Å². The Morgan fingerprint density at radius 3 is 2.22 bits per heavy atom. The number of benzene rings is 2. The number of amides is 5. The molecule has 14 heteroatoms. The summed E-state index contributed by atoms with van der Waals surface area (Å²) < 4.78 is 6.48. The fourth-order valence-electron chi connectivity index (χ4n) is 12.5. The van der Waals surface area contributed by atoms with Crippen LogP contribution in [0.25, 0.3) is 0 Å². The number of anilines is 1. The fraction of sp³-hybridized carbons (Fsp3) is 0.500. The molecular formula is C50H52ClN7O6. The predicted molar refractivity (Wildman–Crippen MR) is 237 cm³/mol. The van der Waals surface area contributed by atoms with Crippen LogP contribution in [-0.4, -0.2) is 99.6 Å². The second-order valence-corrected chi connectivity index (χ2v) is 20.7. The molecule has 5 amide bonds. The summed E-state index contributed by atoms with van der Waals surface area (Å²) in [5.74, 6) is 5.85. The van der Waals surface area contributed by atoms with Crippen molar-refractivity contribution < 1.29 is 28.7 Å². The molecule has 1 N–H and O–H groups in total. The van der Waals surface area contributed by atoms with E-state index in [1.165, 1.54) is 0 Å². The van der Waals surface area contributed by atoms with Crippen molar-refractivity contribution in [3.8, 4) is 23.7 Å². The van der Waals surface area contributed by atoms with E-state index in [-0.39, 0.29) is 53.0 Å².